The van der Waals surface area contributed by atoms with E-state index in [-0.39, 0.29) is 11.6 Å². The Morgan fingerprint density at radius 1 is 1.13 bits per heavy atom. The predicted molar refractivity (Wildman–Crippen MR) is 92.4 cm³/mol. The molecule has 0 aliphatic rings. The Labute approximate surface area is 134 Å². The molecule has 0 N–H and O–H groups in total. The third kappa shape index (κ3) is 2.82. The van der Waals surface area contributed by atoms with Crippen molar-refractivity contribution < 1.29 is 0 Å². The molecule has 5 heteroatoms. The van der Waals surface area contributed by atoms with Crippen LogP contribution in [0.5, 0.6) is 0 Å². The second kappa shape index (κ2) is 5.83. The minimum absolute atomic E-state index is 0.0104. The van der Waals surface area contributed by atoms with Gasteiger partial charge in [-0.3, -0.25) is 4.79 Å². The molecule has 0 aliphatic carbocycles. The van der Waals surface area contributed by atoms with Crippen molar-refractivity contribution >= 4 is 11.6 Å². The average molecular weight is 308 g/mol. The zero-order valence-corrected chi connectivity index (χ0v) is 13.8. The Balaban J connectivity index is 2.33. The second-order valence-electron chi connectivity index (χ2n) is 6.11. The van der Waals surface area contributed by atoms with E-state index in [0.717, 1.165) is 28.0 Å². The molecule has 0 radical (unpaired) electrons. The summed E-state index contributed by atoms with van der Waals surface area (Å²) in [7, 11) is 0. The van der Waals surface area contributed by atoms with Crippen molar-refractivity contribution in [1.29, 1.82) is 0 Å². The molecule has 23 heavy (non-hydrogen) atoms. The van der Waals surface area contributed by atoms with Crippen LogP contribution in [0.25, 0.3) is 22.9 Å². The third-order valence-corrected chi connectivity index (χ3v) is 3.56. The van der Waals surface area contributed by atoms with Crippen LogP contribution in [-0.2, 0) is 0 Å². The molecule has 3 heterocycles. The van der Waals surface area contributed by atoms with Crippen molar-refractivity contribution in [3.8, 4) is 11.3 Å². The van der Waals surface area contributed by atoms with E-state index in [9.17, 15) is 4.79 Å². The normalized spacial score (nSPS) is 11.2. The fourth-order valence-corrected chi connectivity index (χ4v) is 2.58. The SMILES string of the molecule is CC(C)=Cc1nn2ccccc2c1-c1ccc(=O)n(C(C)C)n1. The molecule has 0 atom stereocenters. The van der Waals surface area contributed by atoms with Gasteiger partial charge in [0.2, 0.25) is 0 Å². The summed E-state index contributed by atoms with van der Waals surface area (Å²) in [5, 5.41) is 9.19. The lowest BCUT2D eigenvalue weighted by Crippen LogP contribution is -2.23. The van der Waals surface area contributed by atoms with Crippen molar-refractivity contribution in [2.75, 3.05) is 0 Å². The highest BCUT2D eigenvalue weighted by Crippen LogP contribution is 2.28. The molecular formula is C18H20N4O. The lowest BCUT2D eigenvalue weighted by molar-refractivity contribution is 0.505. The highest BCUT2D eigenvalue weighted by Gasteiger charge is 2.15. The molecule has 0 bridgehead atoms. The van der Waals surface area contributed by atoms with Gasteiger partial charge in [0.05, 0.1) is 28.5 Å². The van der Waals surface area contributed by atoms with Crippen molar-refractivity contribution in [2.24, 2.45) is 0 Å². The van der Waals surface area contributed by atoms with Gasteiger partial charge >= 0.3 is 0 Å². The number of fused-ring (bicyclic) bond motifs is 1. The number of aromatic nitrogens is 4. The Kier molecular flexibility index (Phi) is 3.86. The molecule has 5 nitrogen and oxygen atoms in total. The van der Waals surface area contributed by atoms with Gasteiger partial charge in [-0.15, -0.1) is 0 Å². The van der Waals surface area contributed by atoms with Crippen molar-refractivity contribution in [3.63, 3.8) is 0 Å². The zero-order valence-electron chi connectivity index (χ0n) is 13.8. The number of allylic oxidation sites excluding steroid dienone is 1. The third-order valence-electron chi connectivity index (χ3n) is 3.56. The van der Waals surface area contributed by atoms with Gasteiger partial charge in [0.1, 0.15) is 0 Å². The van der Waals surface area contributed by atoms with Crippen molar-refractivity contribution in [1.82, 2.24) is 19.4 Å². The fourth-order valence-electron chi connectivity index (χ4n) is 2.58. The first-order valence-corrected chi connectivity index (χ1v) is 7.70. The summed E-state index contributed by atoms with van der Waals surface area (Å²) >= 11 is 0. The van der Waals surface area contributed by atoms with Gasteiger partial charge in [-0.2, -0.15) is 10.2 Å². The molecule has 118 valence electrons. The van der Waals surface area contributed by atoms with Gasteiger partial charge in [-0.05, 0) is 52.0 Å². The lowest BCUT2D eigenvalue weighted by atomic mass is 10.1. The van der Waals surface area contributed by atoms with Crippen LogP contribution in [0.1, 0.15) is 39.4 Å². The van der Waals surface area contributed by atoms with Crippen LogP contribution in [0.15, 0.2) is 46.9 Å². The maximum atomic E-state index is 12.0. The minimum atomic E-state index is -0.0935. The van der Waals surface area contributed by atoms with Gasteiger partial charge in [-0.25, -0.2) is 9.20 Å². The maximum absolute atomic E-state index is 12.0. The maximum Gasteiger partial charge on any atom is 0.267 e. The first-order chi connectivity index (χ1) is 11.0. The van der Waals surface area contributed by atoms with E-state index >= 15 is 0 Å². The molecule has 0 aromatic carbocycles. The number of hydrogen-bond acceptors (Lipinski definition) is 3. The molecule has 3 aromatic rings. The Bertz CT molecular complexity index is 943. The number of pyridine rings is 1. The van der Waals surface area contributed by atoms with Gasteiger partial charge in [0.25, 0.3) is 5.56 Å². The highest BCUT2D eigenvalue weighted by molar-refractivity contribution is 5.85. The summed E-state index contributed by atoms with van der Waals surface area (Å²) in [5.41, 5.74) is 4.60. The first-order valence-electron chi connectivity index (χ1n) is 7.70. The topological polar surface area (TPSA) is 52.2 Å². The van der Waals surface area contributed by atoms with E-state index in [0.29, 0.717) is 0 Å². The second-order valence-corrected chi connectivity index (χ2v) is 6.11. The smallest absolute Gasteiger partial charge is 0.267 e. The summed E-state index contributed by atoms with van der Waals surface area (Å²) in [6, 6.07) is 9.28. The lowest BCUT2D eigenvalue weighted by Gasteiger charge is -2.10. The zero-order chi connectivity index (χ0) is 16.6. The van der Waals surface area contributed by atoms with Crippen LogP contribution in [0.4, 0.5) is 0 Å². The molecule has 0 fully saturated rings. The Hall–Kier alpha value is -2.69. The molecule has 0 saturated carbocycles. The monoisotopic (exact) mass is 308 g/mol. The molecule has 3 aromatic heterocycles. The summed E-state index contributed by atoms with van der Waals surface area (Å²) in [5.74, 6) is 0. The molecule has 3 rings (SSSR count). The standard InChI is InChI=1S/C18H20N4O/c1-12(2)11-15-18(16-7-5-6-10-21(16)19-15)14-8-9-17(23)22(20-14)13(3)4/h5-11,13H,1-4H3. The molecule has 0 aliphatic heterocycles. The minimum Gasteiger partial charge on any atom is -0.268 e. The van der Waals surface area contributed by atoms with Gasteiger partial charge in [-0.1, -0.05) is 11.6 Å². The van der Waals surface area contributed by atoms with E-state index < -0.39 is 0 Å². The van der Waals surface area contributed by atoms with Crippen LogP contribution < -0.4 is 5.56 Å². The van der Waals surface area contributed by atoms with Gasteiger partial charge < -0.3 is 0 Å². The Morgan fingerprint density at radius 2 is 1.91 bits per heavy atom. The summed E-state index contributed by atoms with van der Waals surface area (Å²) in [6.45, 7) is 7.98. The summed E-state index contributed by atoms with van der Waals surface area (Å²) in [4.78, 5) is 12.0. The number of rotatable bonds is 3. The van der Waals surface area contributed by atoms with E-state index in [1.54, 1.807) is 12.1 Å². The molecular weight excluding hydrogens is 288 g/mol. The van der Waals surface area contributed by atoms with E-state index in [4.69, 9.17) is 0 Å². The first kappa shape index (κ1) is 15.2. The van der Waals surface area contributed by atoms with Crippen molar-refractivity contribution in [2.45, 2.75) is 33.7 Å². The predicted octanol–water partition coefficient (Wildman–Crippen LogP) is 3.56. The summed E-state index contributed by atoms with van der Waals surface area (Å²) in [6.07, 6.45) is 3.95. The molecule has 0 unspecified atom stereocenters. The summed E-state index contributed by atoms with van der Waals surface area (Å²) < 4.78 is 3.35. The van der Waals surface area contributed by atoms with E-state index in [2.05, 4.69) is 10.2 Å². The van der Waals surface area contributed by atoms with Crippen LogP contribution >= 0.6 is 0 Å². The van der Waals surface area contributed by atoms with E-state index in [1.165, 1.54) is 4.68 Å². The highest BCUT2D eigenvalue weighted by atomic mass is 16.1. The molecule has 0 spiro atoms. The van der Waals surface area contributed by atoms with Crippen LogP contribution in [0.3, 0.4) is 0 Å². The number of hydrogen-bond donors (Lipinski definition) is 0. The average Bonchev–Trinajstić information content (AvgIpc) is 2.84. The molecule has 0 saturated heterocycles. The Morgan fingerprint density at radius 3 is 2.61 bits per heavy atom. The van der Waals surface area contributed by atoms with Gasteiger partial charge in [0, 0.05) is 12.3 Å². The van der Waals surface area contributed by atoms with Crippen LogP contribution in [-0.4, -0.2) is 19.4 Å². The van der Waals surface area contributed by atoms with Crippen LogP contribution in [0.2, 0.25) is 0 Å². The van der Waals surface area contributed by atoms with E-state index in [1.807, 2.05) is 62.7 Å². The fraction of sp³-hybridized carbons (Fsp3) is 0.278. The quantitative estimate of drug-likeness (QED) is 0.743. The van der Waals surface area contributed by atoms with Crippen molar-refractivity contribution in [3.05, 3.63) is 58.1 Å². The van der Waals surface area contributed by atoms with Gasteiger partial charge in [0.15, 0.2) is 0 Å². The largest absolute Gasteiger partial charge is 0.268 e. The molecule has 0 amide bonds. The number of nitrogens with zero attached hydrogens (tertiary/aromatic N) is 4. The van der Waals surface area contributed by atoms with Crippen LogP contribution in [0, 0.1) is 0 Å².